The highest BCUT2D eigenvalue weighted by Gasteiger charge is 2.16. The van der Waals surface area contributed by atoms with Gasteiger partial charge < -0.3 is 10.1 Å². The number of nitrogens with one attached hydrogen (secondary N) is 1. The molecule has 1 aromatic heterocycles. The predicted octanol–water partition coefficient (Wildman–Crippen LogP) is 2.77. The zero-order valence-electron chi connectivity index (χ0n) is 12.0. The number of ether oxygens (including phenoxy) is 1. The number of aromatic nitrogens is 2. The first-order chi connectivity index (χ1) is 11.5. The summed E-state index contributed by atoms with van der Waals surface area (Å²) in [6.07, 6.45) is 0. The van der Waals surface area contributed by atoms with Crippen LogP contribution in [0.1, 0.15) is 10.4 Å². The van der Waals surface area contributed by atoms with Gasteiger partial charge >= 0.3 is 5.97 Å². The fourth-order valence-electron chi connectivity index (χ4n) is 1.96. The van der Waals surface area contributed by atoms with Gasteiger partial charge in [-0.2, -0.15) is 8.75 Å². The molecular formula is C15H9F2N3O3S. The number of benzene rings is 2. The van der Waals surface area contributed by atoms with Crippen molar-refractivity contribution < 1.29 is 23.1 Å². The van der Waals surface area contributed by atoms with Crippen molar-refractivity contribution in [2.24, 2.45) is 0 Å². The van der Waals surface area contributed by atoms with Crippen LogP contribution in [0, 0.1) is 11.6 Å². The Bertz CT molecular complexity index is 929. The lowest BCUT2D eigenvalue weighted by atomic mass is 10.2. The molecule has 0 aliphatic rings. The van der Waals surface area contributed by atoms with Crippen molar-refractivity contribution >= 4 is 40.3 Å². The van der Waals surface area contributed by atoms with Gasteiger partial charge in [-0.3, -0.25) is 4.79 Å². The molecule has 0 fully saturated rings. The Morgan fingerprint density at radius 2 is 2.00 bits per heavy atom. The quantitative estimate of drug-likeness (QED) is 0.733. The molecule has 9 heteroatoms. The van der Waals surface area contributed by atoms with Gasteiger partial charge in [0, 0.05) is 6.07 Å². The number of nitrogens with zero attached hydrogens (tertiary/aromatic N) is 2. The molecule has 0 radical (unpaired) electrons. The van der Waals surface area contributed by atoms with Crippen molar-refractivity contribution in [3.05, 3.63) is 53.6 Å². The fourth-order valence-corrected chi connectivity index (χ4v) is 2.51. The number of hydrogen-bond acceptors (Lipinski definition) is 6. The monoisotopic (exact) mass is 349 g/mol. The minimum atomic E-state index is -1.06. The Morgan fingerprint density at radius 1 is 1.17 bits per heavy atom. The summed E-state index contributed by atoms with van der Waals surface area (Å²) in [7, 11) is 0. The number of rotatable bonds is 4. The highest BCUT2D eigenvalue weighted by molar-refractivity contribution is 7.00. The standard InChI is InChI=1S/C15H9F2N3O3S/c16-8-4-5-9(10(17)6-8)15(22)23-7-13(21)18-11-2-1-3-12-14(11)20-24-19-12/h1-6H,7H2,(H,18,21). The first-order valence-corrected chi connectivity index (χ1v) is 7.41. The minimum Gasteiger partial charge on any atom is -0.452 e. The summed E-state index contributed by atoms with van der Waals surface area (Å²) in [4.78, 5) is 23.6. The zero-order valence-corrected chi connectivity index (χ0v) is 12.8. The zero-order chi connectivity index (χ0) is 17.1. The van der Waals surface area contributed by atoms with Crippen molar-refractivity contribution in [1.82, 2.24) is 8.75 Å². The van der Waals surface area contributed by atoms with Gasteiger partial charge in [-0.15, -0.1) is 0 Å². The van der Waals surface area contributed by atoms with E-state index in [1.165, 1.54) is 0 Å². The number of fused-ring (bicyclic) bond motifs is 1. The number of esters is 1. The van der Waals surface area contributed by atoms with Gasteiger partial charge in [-0.25, -0.2) is 13.6 Å². The highest BCUT2D eigenvalue weighted by atomic mass is 32.1. The maximum atomic E-state index is 13.5. The van der Waals surface area contributed by atoms with Gasteiger partial charge in [0.1, 0.15) is 22.7 Å². The maximum Gasteiger partial charge on any atom is 0.341 e. The van der Waals surface area contributed by atoms with Crippen LogP contribution >= 0.6 is 11.7 Å². The second kappa shape index (κ2) is 6.67. The largest absolute Gasteiger partial charge is 0.452 e. The second-order valence-corrected chi connectivity index (χ2v) is 5.21. The molecular weight excluding hydrogens is 340 g/mol. The van der Waals surface area contributed by atoms with Gasteiger partial charge in [0.15, 0.2) is 6.61 Å². The Labute approximate surface area is 138 Å². The molecule has 0 saturated carbocycles. The molecule has 2 aromatic carbocycles. The first-order valence-electron chi connectivity index (χ1n) is 6.68. The summed E-state index contributed by atoms with van der Waals surface area (Å²) in [5.74, 6) is -3.55. The minimum absolute atomic E-state index is 0.426. The average Bonchev–Trinajstić information content (AvgIpc) is 3.02. The van der Waals surface area contributed by atoms with Gasteiger partial charge in [-0.1, -0.05) is 6.07 Å². The summed E-state index contributed by atoms with van der Waals surface area (Å²) in [5.41, 5.74) is 1.13. The normalized spacial score (nSPS) is 10.6. The van der Waals surface area contributed by atoms with E-state index in [4.69, 9.17) is 4.74 Å². The molecule has 0 spiro atoms. The van der Waals surface area contributed by atoms with E-state index in [0.29, 0.717) is 22.8 Å². The molecule has 24 heavy (non-hydrogen) atoms. The van der Waals surface area contributed by atoms with E-state index in [1.807, 2.05) is 0 Å². The molecule has 0 aliphatic carbocycles. The summed E-state index contributed by atoms with van der Waals surface area (Å²) in [6, 6.07) is 7.50. The Hall–Kier alpha value is -2.94. The number of hydrogen-bond donors (Lipinski definition) is 1. The van der Waals surface area contributed by atoms with Gasteiger partial charge in [0.2, 0.25) is 0 Å². The van der Waals surface area contributed by atoms with Crippen LogP contribution in [0.25, 0.3) is 11.0 Å². The van der Waals surface area contributed by atoms with Crippen molar-refractivity contribution in [2.75, 3.05) is 11.9 Å². The van der Waals surface area contributed by atoms with Gasteiger partial charge in [-0.05, 0) is 24.3 Å². The Morgan fingerprint density at radius 3 is 2.79 bits per heavy atom. The van der Waals surface area contributed by atoms with Gasteiger partial charge in [0.25, 0.3) is 5.91 Å². The third-order valence-electron chi connectivity index (χ3n) is 3.05. The van der Waals surface area contributed by atoms with Crippen LogP contribution in [-0.2, 0) is 9.53 Å². The van der Waals surface area contributed by atoms with E-state index in [9.17, 15) is 18.4 Å². The average molecular weight is 349 g/mol. The van der Waals surface area contributed by atoms with Crippen LogP contribution in [0.2, 0.25) is 0 Å². The molecule has 0 unspecified atom stereocenters. The van der Waals surface area contributed by atoms with E-state index in [2.05, 4.69) is 14.1 Å². The summed E-state index contributed by atoms with van der Waals surface area (Å²) < 4.78 is 39.1. The Balaban J connectivity index is 1.63. The van der Waals surface area contributed by atoms with Crippen molar-refractivity contribution in [3.63, 3.8) is 0 Å². The topological polar surface area (TPSA) is 81.2 Å². The molecule has 3 aromatic rings. The number of halogens is 2. The molecule has 1 amide bonds. The molecule has 0 aliphatic heterocycles. The van der Waals surface area contributed by atoms with E-state index in [0.717, 1.165) is 23.9 Å². The molecule has 122 valence electrons. The van der Waals surface area contributed by atoms with E-state index >= 15 is 0 Å². The van der Waals surface area contributed by atoms with Crippen molar-refractivity contribution in [2.45, 2.75) is 0 Å². The van der Waals surface area contributed by atoms with Crippen molar-refractivity contribution in [1.29, 1.82) is 0 Å². The number of carbonyl (C=O) groups is 2. The molecule has 3 rings (SSSR count). The second-order valence-electron chi connectivity index (χ2n) is 4.69. The van der Waals surface area contributed by atoms with E-state index in [-0.39, 0.29) is 0 Å². The third kappa shape index (κ3) is 3.35. The highest BCUT2D eigenvalue weighted by Crippen LogP contribution is 2.21. The first kappa shape index (κ1) is 15.9. The lowest BCUT2D eigenvalue weighted by Gasteiger charge is -2.07. The van der Waals surface area contributed by atoms with Gasteiger partial charge in [0.05, 0.1) is 23.0 Å². The molecule has 0 bridgehead atoms. The lowest BCUT2D eigenvalue weighted by Crippen LogP contribution is -2.21. The summed E-state index contributed by atoms with van der Waals surface area (Å²) >= 11 is 1.00. The van der Waals surface area contributed by atoms with Crippen LogP contribution in [0.5, 0.6) is 0 Å². The van der Waals surface area contributed by atoms with Crippen LogP contribution in [0.3, 0.4) is 0 Å². The predicted molar refractivity (Wildman–Crippen MR) is 82.7 cm³/mol. The number of amides is 1. The molecule has 0 saturated heterocycles. The smallest absolute Gasteiger partial charge is 0.341 e. The van der Waals surface area contributed by atoms with Crippen molar-refractivity contribution in [3.8, 4) is 0 Å². The molecule has 1 N–H and O–H groups in total. The molecule has 0 atom stereocenters. The van der Waals surface area contributed by atoms with Crippen LogP contribution in [0.15, 0.2) is 36.4 Å². The van der Waals surface area contributed by atoms with E-state index < -0.39 is 35.7 Å². The van der Waals surface area contributed by atoms with Crippen LogP contribution < -0.4 is 5.32 Å². The molecule has 6 nitrogen and oxygen atoms in total. The molecule has 1 heterocycles. The SMILES string of the molecule is O=C(COC(=O)c1ccc(F)cc1F)Nc1cccc2nsnc12. The number of carbonyl (C=O) groups excluding carboxylic acids is 2. The maximum absolute atomic E-state index is 13.5. The van der Waals surface area contributed by atoms with E-state index in [1.54, 1.807) is 18.2 Å². The number of anilines is 1. The summed E-state index contributed by atoms with van der Waals surface area (Å²) in [6.45, 7) is -0.621. The third-order valence-corrected chi connectivity index (χ3v) is 3.59. The summed E-state index contributed by atoms with van der Waals surface area (Å²) in [5, 5.41) is 2.54. The van der Waals surface area contributed by atoms with Crippen LogP contribution in [-0.4, -0.2) is 27.2 Å². The Kier molecular flexibility index (Phi) is 4.43. The fraction of sp³-hybridized carbons (Fsp3) is 0.0667. The van der Waals surface area contributed by atoms with Crippen LogP contribution in [0.4, 0.5) is 14.5 Å². The lowest BCUT2D eigenvalue weighted by molar-refractivity contribution is -0.119.